The molecule has 84 heavy (non-hydrogen) atoms. The lowest BCUT2D eigenvalue weighted by Gasteiger charge is -2.52. The van der Waals surface area contributed by atoms with Gasteiger partial charge in [-0.1, -0.05) is 6.58 Å². The molecule has 480 valence electrons. The van der Waals surface area contributed by atoms with Crippen molar-refractivity contribution in [2.45, 2.75) is 244 Å². The van der Waals surface area contributed by atoms with E-state index in [1.165, 1.54) is 25.8 Å². The fourth-order valence-electron chi connectivity index (χ4n) is 10.0. The van der Waals surface area contributed by atoms with Gasteiger partial charge in [-0.05, 0) is 143 Å². The normalized spacial score (nSPS) is 28.8. The number of likely N-dealkylation sites (tertiary alicyclic amines) is 1. The average Bonchev–Trinajstić information content (AvgIpc) is 1.34. The molecule has 0 aromatic rings. The van der Waals surface area contributed by atoms with Crippen LogP contribution in [0, 0.1) is 5.92 Å². The summed E-state index contributed by atoms with van der Waals surface area (Å²) in [7, 11) is 1.30. The van der Waals surface area contributed by atoms with E-state index < -0.39 is 168 Å². The third kappa shape index (κ3) is 22.2. The standard InChI is InChI=1S/C56H96N8O20/c1-29(2)77-46(70)62-34-23-35(60-43(68)36(65)26-58-45(69)80-51(3,4)5)41(79-44-39(67)42(56(18,75)28-76-44)63(19)49(73)83-54(12,13)14)38(66)37(34)40-33(61-48(72)82-53(9,10)11)21-20-32(78-40)25-57-24-31-22-30(59-47(71)81-52(6,7)8)27-64(31)50(74)84-55(15,16)17/h20,30-31,33-42,44,57,65-67,75H,1,21-28H2,2-19H3,(H,58,69)(H,59,71)(H,60,68)(H,61,72)(H,62,70)/t30-,31-,33+,34-,35+,36-,37?,38-,39+,40-,41-,42+,44+,56-/m0/s1. The molecule has 4 aliphatic rings. The Kier molecular flexibility index (Phi) is 23.6. The lowest BCUT2D eigenvalue weighted by Crippen LogP contribution is -2.71. The predicted molar refractivity (Wildman–Crippen MR) is 302 cm³/mol. The molecule has 4 rings (SSSR count). The fourth-order valence-corrected chi connectivity index (χ4v) is 10.0. The summed E-state index contributed by atoms with van der Waals surface area (Å²) < 4.78 is 52.3. The van der Waals surface area contributed by atoms with Crippen LogP contribution in [-0.2, 0) is 47.4 Å². The molecule has 1 saturated carbocycles. The van der Waals surface area contributed by atoms with Gasteiger partial charge in [0.05, 0.1) is 55.7 Å². The third-order valence-electron chi connectivity index (χ3n) is 13.1. The van der Waals surface area contributed by atoms with Gasteiger partial charge in [0.25, 0.3) is 5.91 Å². The van der Waals surface area contributed by atoms with Crippen LogP contribution in [0.5, 0.6) is 0 Å². The number of aliphatic hydroxyl groups excluding tert-OH is 3. The van der Waals surface area contributed by atoms with Gasteiger partial charge in [0.15, 0.2) is 6.29 Å². The van der Waals surface area contributed by atoms with Crippen molar-refractivity contribution in [3.63, 3.8) is 0 Å². The topological polar surface area (TPSA) is 362 Å². The number of hydrogen-bond acceptors (Lipinski definition) is 21. The Hall–Kier alpha value is -5.91. The first-order valence-electron chi connectivity index (χ1n) is 28.3. The Morgan fingerprint density at radius 3 is 1.86 bits per heavy atom. The summed E-state index contributed by atoms with van der Waals surface area (Å²) in [5, 5.41) is 64.7. The van der Waals surface area contributed by atoms with Crippen LogP contribution in [0.25, 0.3) is 0 Å². The molecule has 7 amide bonds. The minimum absolute atomic E-state index is 0.0144. The first-order valence-corrected chi connectivity index (χ1v) is 28.3. The molecule has 0 aromatic carbocycles. The molecule has 3 fully saturated rings. The molecular weight excluding hydrogens is 1100 g/mol. The molecule has 1 aliphatic carbocycles. The van der Waals surface area contributed by atoms with Crippen molar-refractivity contribution in [1.29, 1.82) is 0 Å². The second-order valence-corrected chi connectivity index (χ2v) is 27.1. The van der Waals surface area contributed by atoms with E-state index in [0.29, 0.717) is 6.42 Å². The molecule has 28 nitrogen and oxygen atoms in total. The highest BCUT2D eigenvalue weighted by Crippen LogP contribution is 2.39. The van der Waals surface area contributed by atoms with E-state index in [1.807, 2.05) is 0 Å². The Morgan fingerprint density at radius 1 is 0.750 bits per heavy atom. The summed E-state index contributed by atoms with van der Waals surface area (Å²) >= 11 is 0. The van der Waals surface area contributed by atoms with Gasteiger partial charge in [0.1, 0.15) is 63.8 Å². The van der Waals surface area contributed by atoms with Gasteiger partial charge >= 0.3 is 36.6 Å². The van der Waals surface area contributed by atoms with E-state index in [0.717, 1.165) is 4.90 Å². The minimum atomic E-state index is -1.94. The van der Waals surface area contributed by atoms with Crippen molar-refractivity contribution < 1.29 is 96.6 Å². The van der Waals surface area contributed by atoms with Gasteiger partial charge in [-0.25, -0.2) is 28.8 Å². The molecule has 3 aliphatic heterocycles. The Bertz CT molecular complexity index is 2350. The van der Waals surface area contributed by atoms with E-state index in [-0.39, 0.29) is 44.0 Å². The summed E-state index contributed by atoms with van der Waals surface area (Å²) in [5.41, 5.74) is -6.43. The first-order chi connectivity index (χ1) is 38.3. The summed E-state index contributed by atoms with van der Waals surface area (Å²) in [5.74, 6) is -2.21. The van der Waals surface area contributed by atoms with Gasteiger partial charge in [-0.3, -0.25) is 4.79 Å². The van der Waals surface area contributed by atoms with Crippen LogP contribution < -0.4 is 31.9 Å². The number of hydrogen-bond donors (Lipinski definition) is 10. The largest absolute Gasteiger partial charge is 0.491 e. The number of alkyl carbamates (subject to hydrolysis) is 4. The number of aliphatic hydroxyl groups is 4. The fraction of sp³-hybridized carbons (Fsp3) is 0.804. The number of carbonyl (C=O) groups excluding carboxylic acids is 7. The number of likely N-dealkylation sites (N-methyl/N-ethyl adjacent to an activating group) is 1. The Morgan fingerprint density at radius 2 is 1.30 bits per heavy atom. The highest BCUT2D eigenvalue weighted by atomic mass is 16.7. The number of ether oxygens (including phenoxy) is 9. The van der Waals surface area contributed by atoms with Crippen molar-refractivity contribution in [3.05, 3.63) is 24.2 Å². The van der Waals surface area contributed by atoms with Crippen molar-refractivity contribution in [1.82, 2.24) is 41.7 Å². The van der Waals surface area contributed by atoms with E-state index in [1.54, 1.807) is 110 Å². The number of allylic oxidation sites excluding steroid dienone is 1. The first kappa shape index (κ1) is 70.6. The smallest absolute Gasteiger partial charge is 0.412 e. The van der Waals surface area contributed by atoms with Crippen LogP contribution >= 0.6 is 0 Å². The van der Waals surface area contributed by atoms with Crippen molar-refractivity contribution in [3.8, 4) is 0 Å². The Labute approximate surface area is 493 Å². The van der Waals surface area contributed by atoms with Crippen LogP contribution in [0.2, 0.25) is 0 Å². The van der Waals surface area contributed by atoms with Gasteiger partial charge in [-0.15, -0.1) is 0 Å². The maximum atomic E-state index is 14.0. The molecule has 1 unspecified atom stereocenters. The summed E-state index contributed by atoms with van der Waals surface area (Å²) in [6, 6.07) is -6.26. The van der Waals surface area contributed by atoms with Crippen molar-refractivity contribution in [2.24, 2.45) is 5.92 Å². The number of carbonyl (C=O) groups is 7. The number of rotatable bonds is 16. The quantitative estimate of drug-likeness (QED) is 0.0780. The molecule has 0 spiro atoms. The average molecular weight is 1200 g/mol. The number of nitrogens with zero attached hydrogens (tertiary/aromatic N) is 2. The molecule has 0 aromatic heterocycles. The van der Waals surface area contributed by atoms with Gasteiger partial charge in [-0.2, -0.15) is 0 Å². The zero-order valence-electron chi connectivity index (χ0n) is 52.2. The lowest BCUT2D eigenvalue weighted by molar-refractivity contribution is -0.305. The predicted octanol–water partition coefficient (Wildman–Crippen LogP) is 3.51. The third-order valence-corrected chi connectivity index (χ3v) is 13.1. The van der Waals surface area contributed by atoms with E-state index in [9.17, 15) is 54.0 Å². The maximum Gasteiger partial charge on any atom is 0.412 e. The zero-order valence-corrected chi connectivity index (χ0v) is 52.2. The highest BCUT2D eigenvalue weighted by molar-refractivity contribution is 5.82. The van der Waals surface area contributed by atoms with Crippen LogP contribution in [0.15, 0.2) is 24.2 Å². The molecule has 0 bridgehead atoms. The number of nitrogens with one attached hydrogen (secondary N) is 6. The Balaban J connectivity index is 1.79. The molecule has 2 saturated heterocycles. The van der Waals surface area contributed by atoms with Gasteiger partial charge in [0.2, 0.25) is 0 Å². The van der Waals surface area contributed by atoms with Gasteiger partial charge < -0.3 is 105 Å². The van der Waals surface area contributed by atoms with E-state index >= 15 is 0 Å². The minimum Gasteiger partial charge on any atom is -0.491 e. The zero-order chi connectivity index (χ0) is 63.8. The van der Waals surface area contributed by atoms with Crippen LogP contribution in [0.1, 0.15) is 137 Å². The molecule has 28 heteroatoms. The number of amides is 7. The van der Waals surface area contributed by atoms with Crippen molar-refractivity contribution in [2.75, 3.05) is 39.8 Å². The monoisotopic (exact) mass is 1200 g/mol. The molecule has 14 atom stereocenters. The molecular formula is C56H96N8O20. The lowest BCUT2D eigenvalue weighted by atomic mass is 9.72. The second-order valence-electron chi connectivity index (χ2n) is 27.1. The summed E-state index contributed by atoms with van der Waals surface area (Å²) in [6.07, 6.45) is -13.9. The highest BCUT2D eigenvalue weighted by Gasteiger charge is 2.57. The van der Waals surface area contributed by atoms with Crippen molar-refractivity contribution >= 4 is 42.5 Å². The molecule has 10 N–H and O–H groups in total. The van der Waals surface area contributed by atoms with Crippen LogP contribution in [0.3, 0.4) is 0 Å². The summed E-state index contributed by atoms with van der Waals surface area (Å²) in [4.78, 5) is 96.4. The van der Waals surface area contributed by atoms with E-state index in [2.05, 4.69) is 38.5 Å². The molecule has 3 heterocycles. The maximum absolute atomic E-state index is 14.0. The SMILES string of the molecule is C=C(C)OC(=O)N[C@H]1C[C@@H](NC(=O)[C@@H](O)CNC(=O)OC(C)(C)C)[C@H](O[C@H]2OC[C@](C)(O)[C@H](N(C)C(=O)OC(C)(C)C)[C@H]2O)[C@@H](O)C1[C@H]1OC(CNC[C@@H]2C[C@H](NC(=O)OC(C)(C)C)CN2C(=O)OC(C)(C)C)=CC[C@H]1NC(=O)OC(C)(C)C. The van der Waals surface area contributed by atoms with Gasteiger partial charge in [0, 0.05) is 38.1 Å². The van der Waals surface area contributed by atoms with E-state index in [4.69, 9.17) is 42.6 Å². The van der Waals surface area contributed by atoms with Crippen LogP contribution in [-0.4, -0.2) is 219 Å². The summed E-state index contributed by atoms with van der Waals surface area (Å²) in [6.45, 7) is 30.6. The van der Waals surface area contributed by atoms with Crippen LogP contribution in [0.4, 0.5) is 28.8 Å². The molecule has 0 radical (unpaired) electrons. The second kappa shape index (κ2) is 28.1.